The molecule has 7 nitrogen and oxygen atoms in total. The van der Waals surface area contributed by atoms with Gasteiger partial charge in [-0.15, -0.1) is 0 Å². The molecule has 0 atom stereocenters. The average Bonchev–Trinajstić information content (AvgIpc) is 2.70. The van der Waals surface area contributed by atoms with Crippen molar-refractivity contribution in [3.05, 3.63) is 42.9 Å². The Morgan fingerprint density at radius 3 is 2.12 bits per heavy atom. The molecule has 1 aliphatic rings. The maximum atomic E-state index is 12.6. The van der Waals surface area contributed by atoms with Crippen LogP contribution in [0.1, 0.15) is 13.8 Å². The minimum Gasteiger partial charge on any atom is -0.363 e. The van der Waals surface area contributed by atoms with Crippen molar-refractivity contribution in [1.29, 1.82) is 0 Å². The molecule has 0 aliphatic carbocycles. The largest absolute Gasteiger partial charge is 0.363 e. The van der Waals surface area contributed by atoms with Gasteiger partial charge in [-0.25, -0.2) is 18.4 Å². The van der Waals surface area contributed by atoms with Crippen molar-refractivity contribution in [2.45, 2.75) is 18.7 Å². The fourth-order valence-corrected chi connectivity index (χ4v) is 4.69. The van der Waals surface area contributed by atoms with Gasteiger partial charge in [-0.1, -0.05) is 13.8 Å². The molecule has 0 bridgehead atoms. The van der Waals surface area contributed by atoms with Crippen LogP contribution in [0.25, 0.3) is 0 Å². The third kappa shape index (κ3) is 3.81. The Kier molecular flexibility index (Phi) is 5.73. The van der Waals surface area contributed by atoms with E-state index in [4.69, 9.17) is 0 Å². The fourth-order valence-electron chi connectivity index (χ4n) is 3.27. The van der Waals surface area contributed by atoms with Gasteiger partial charge in [0.1, 0.15) is 24.2 Å². The van der Waals surface area contributed by atoms with Crippen LogP contribution in [0, 0.1) is 0 Å². The maximum Gasteiger partial charge on any atom is 0.274 e. The highest BCUT2D eigenvalue weighted by Gasteiger charge is 2.26. The minimum atomic E-state index is -3.42. The number of piperazine rings is 1. The van der Waals surface area contributed by atoms with Crippen LogP contribution in [0.4, 0.5) is 11.5 Å². The summed E-state index contributed by atoms with van der Waals surface area (Å²) in [6, 6.07) is 7.71. The van der Waals surface area contributed by atoms with Crippen LogP contribution in [0.5, 0.6) is 0 Å². The maximum absolute atomic E-state index is 12.6. The molecule has 1 aliphatic heterocycles. The molecule has 0 aromatic carbocycles. The summed E-state index contributed by atoms with van der Waals surface area (Å²) in [4.78, 5) is 11.1. The van der Waals surface area contributed by atoms with Crippen molar-refractivity contribution in [3.63, 3.8) is 0 Å². The number of sulfonamides is 1. The summed E-state index contributed by atoms with van der Waals surface area (Å²) < 4.78 is 26.6. The molecule has 0 amide bonds. The average molecular weight is 378 g/mol. The van der Waals surface area contributed by atoms with Gasteiger partial charge in [-0.2, -0.15) is 4.31 Å². The van der Waals surface area contributed by atoms with Gasteiger partial charge in [0.2, 0.25) is 10.0 Å². The summed E-state index contributed by atoms with van der Waals surface area (Å²) in [6.45, 7) is 8.27. The minimum absolute atomic E-state index is 0.309. The standard InChI is InChI=1S/C18H25N5O2S/c1-3-23(4-2)26(24,25)17-5-6-18(20-15-17)22-13-11-21(12-14-22)16-7-9-19-10-8-16/h5-10,15H,3-4,11-14H2,1-2H3/p+2. The lowest BCUT2D eigenvalue weighted by Crippen LogP contribution is -2.48. The Bertz CT molecular complexity index is 799. The Morgan fingerprint density at radius 2 is 1.58 bits per heavy atom. The molecule has 1 saturated heterocycles. The molecule has 3 rings (SSSR count). The molecule has 2 aromatic rings. The van der Waals surface area contributed by atoms with E-state index < -0.39 is 10.0 Å². The zero-order valence-corrected chi connectivity index (χ0v) is 16.2. The SMILES string of the molecule is CCN(CC)S(=O)(=O)c1ccc(N2CCN(c3cc[nH+]cc3)CC2)[nH+]c1. The first kappa shape index (κ1) is 18.6. The van der Waals surface area contributed by atoms with E-state index in [-0.39, 0.29) is 0 Å². The molecule has 0 unspecified atom stereocenters. The monoisotopic (exact) mass is 377 g/mol. The molecule has 3 heterocycles. The van der Waals surface area contributed by atoms with E-state index in [2.05, 4.69) is 31.9 Å². The van der Waals surface area contributed by atoms with Crippen LogP contribution in [-0.2, 0) is 10.0 Å². The van der Waals surface area contributed by atoms with Crippen LogP contribution < -0.4 is 19.8 Å². The van der Waals surface area contributed by atoms with Crippen LogP contribution in [0.15, 0.2) is 47.8 Å². The van der Waals surface area contributed by atoms with Crippen molar-refractivity contribution < 1.29 is 18.4 Å². The quantitative estimate of drug-likeness (QED) is 0.742. The van der Waals surface area contributed by atoms with E-state index in [0.717, 1.165) is 32.0 Å². The van der Waals surface area contributed by atoms with Gasteiger partial charge in [-0.05, 0) is 6.07 Å². The van der Waals surface area contributed by atoms with Crippen molar-refractivity contribution in [2.24, 2.45) is 0 Å². The summed E-state index contributed by atoms with van der Waals surface area (Å²) in [5.41, 5.74) is 1.22. The Hall–Kier alpha value is -2.19. The molecule has 0 radical (unpaired) electrons. The summed E-state index contributed by atoms with van der Waals surface area (Å²) in [6.07, 6.45) is 5.47. The van der Waals surface area contributed by atoms with E-state index in [1.165, 1.54) is 9.99 Å². The summed E-state index contributed by atoms with van der Waals surface area (Å²) in [5, 5.41) is 0. The van der Waals surface area contributed by atoms with E-state index in [1.54, 1.807) is 12.3 Å². The first-order chi connectivity index (χ1) is 12.6. The smallest absolute Gasteiger partial charge is 0.274 e. The Morgan fingerprint density at radius 1 is 0.962 bits per heavy atom. The van der Waals surface area contributed by atoms with Crippen LogP contribution >= 0.6 is 0 Å². The number of hydrogen-bond acceptors (Lipinski definition) is 4. The van der Waals surface area contributed by atoms with Crippen LogP contribution in [0.2, 0.25) is 0 Å². The molecule has 26 heavy (non-hydrogen) atoms. The molecule has 2 N–H and O–H groups in total. The normalized spacial score (nSPS) is 15.5. The van der Waals surface area contributed by atoms with E-state index >= 15 is 0 Å². The predicted molar refractivity (Wildman–Crippen MR) is 101 cm³/mol. The van der Waals surface area contributed by atoms with E-state index in [9.17, 15) is 8.42 Å². The molecular weight excluding hydrogens is 350 g/mol. The zero-order chi connectivity index (χ0) is 18.6. The molecule has 0 spiro atoms. The van der Waals surface area contributed by atoms with Crippen molar-refractivity contribution >= 4 is 21.5 Å². The second-order valence-corrected chi connectivity index (χ2v) is 8.17. The second kappa shape index (κ2) is 8.01. The lowest BCUT2D eigenvalue weighted by molar-refractivity contribution is -0.377. The van der Waals surface area contributed by atoms with Crippen LogP contribution in [-0.4, -0.2) is 52.0 Å². The summed E-state index contributed by atoms with van der Waals surface area (Å²) in [5.74, 6) is 0.949. The number of rotatable bonds is 6. The van der Waals surface area contributed by atoms with E-state index in [0.29, 0.717) is 18.0 Å². The van der Waals surface area contributed by atoms with Gasteiger partial charge in [0.25, 0.3) is 5.82 Å². The topological polar surface area (TPSA) is 72.1 Å². The second-order valence-electron chi connectivity index (χ2n) is 6.23. The van der Waals surface area contributed by atoms with Crippen molar-refractivity contribution in [3.8, 4) is 0 Å². The Labute approximate surface area is 155 Å². The number of nitrogens with one attached hydrogen (secondary N) is 2. The Balaban J connectivity index is 1.67. The first-order valence-electron chi connectivity index (χ1n) is 9.04. The highest BCUT2D eigenvalue weighted by molar-refractivity contribution is 7.89. The first-order valence-corrected chi connectivity index (χ1v) is 10.5. The van der Waals surface area contributed by atoms with Crippen molar-refractivity contribution in [1.82, 2.24) is 4.31 Å². The molecular formula is C18H27N5O2S+2. The van der Waals surface area contributed by atoms with Gasteiger partial charge < -0.3 is 4.90 Å². The summed E-state index contributed by atoms with van der Waals surface area (Å²) >= 11 is 0. The van der Waals surface area contributed by atoms with Gasteiger partial charge in [-0.3, -0.25) is 4.90 Å². The molecule has 8 heteroatoms. The van der Waals surface area contributed by atoms with Gasteiger partial charge >= 0.3 is 0 Å². The third-order valence-corrected chi connectivity index (χ3v) is 6.84. The van der Waals surface area contributed by atoms with E-state index in [1.807, 2.05) is 32.3 Å². The van der Waals surface area contributed by atoms with Gasteiger partial charge in [0.15, 0.2) is 12.4 Å². The number of pyridine rings is 2. The lowest BCUT2D eigenvalue weighted by Gasteiger charge is -2.32. The highest BCUT2D eigenvalue weighted by atomic mass is 32.2. The van der Waals surface area contributed by atoms with Crippen molar-refractivity contribution in [2.75, 3.05) is 49.1 Å². The number of nitrogens with zero attached hydrogens (tertiary/aromatic N) is 3. The summed E-state index contributed by atoms with van der Waals surface area (Å²) in [7, 11) is -3.42. The number of aromatic nitrogens is 2. The lowest BCUT2D eigenvalue weighted by atomic mass is 10.2. The fraction of sp³-hybridized carbons (Fsp3) is 0.444. The third-order valence-electron chi connectivity index (χ3n) is 4.80. The molecule has 2 aromatic heterocycles. The van der Waals surface area contributed by atoms with Gasteiger partial charge in [0, 0.05) is 37.0 Å². The number of aromatic amines is 2. The highest BCUT2D eigenvalue weighted by Crippen LogP contribution is 2.19. The predicted octanol–water partition coefficient (Wildman–Crippen LogP) is 0.672. The number of anilines is 2. The number of H-pyrrole nitrogens is 2. The molecule has 0 saturated carbocycles. The molecule has 140 valence electrons. The van der Waals surface area contributed by atoms with Gasteiger partial charge in [0.05, 0.1) is 13.1 Å². The molecule has 1 fully saturated rings. The van der Waals surface area contributed by atoms with Crippen LogP contribution in [0.3, 0.4) is 0 Å². The number of hydrogen-bond donors (Lipinski definition) is 0. The zero-order valence-electron chi connectivity index (χ0n) is 15.4.